The third-order valence-corrected chi connectivity index (χ3v) is 1.98. The van der Waals surface area contributed by atoms with Gasteiger partial charge in [-0.05, 0) is 25.0 Å². The summed E-state index contributed by atoms with van der Waals surface area (Å²) in [6.07, 6.45) is 0. The first kappa shape index (κ1) is 13.5. The number of carbonyl (C=O) groups excluding carboxylic acids is 1. The van der Waals surface area contributed by atoms with Crippen molar-refractivity contribution in [1.82, 2.24) is 0 Å². The summed E-state index contributed by atoms with van der Waals surface area (Å²) in [6.45, 7) is 1.85. The van der Waals surface area contributed by atoms with E-state index in [1.165, 1.54) is 25.3 Å². The average molecular weight is 249 g/mol. The van der Waals surface area contributed by atoms with E-state index in [2.05, 4.69) is 16.6 Å². The van der Waals surface area contributed by atoms with Crippen molar-refractivity contribution in [2.75, 3.05) is 13.7 Å². The second-order valence-electron chi connectivity index (χ2n) is 3.11. The molecule has 0 aliphatic carbocycles. The fraction of sp³-hybridized carbons (Fsp3) is 0.250. The number of esters is 1. The Morgan fingerprint density at radius 3 is 2.78 bits per heavy atom. The molecule has 0 aliphatic rings. The summed E-state index contributed by atoms with van der Waals surface area (Å²) in [7, 11) is 1.41. The Labute approximate surface area is 104 Å². The first-order valence-corrected chi connectivity index (χ1v) is 5.09. The zero-order valence-corrected chi connectivity index (χ0v) is 9.93. The van der Waals surface area contributed by atoms with Gasteiger partial charge in [0, 0.05) is 5.92 Å². The van der Waals surface area contributed by atoms with E-state index < -0.39 is 10.9 Å². The first-order chi connectivity index (χ1) is 8.58. The Balaban J connectivity index is 3.08. The van der Waals surface area contributed by atoms with Crippen LogP contribution in [0.3, 0.4) is 0 Å². The Morgan fingerprint density at radius 1 is 1.50 bits per heavy atom. The van der Waals surface area contributed by atoms with Crippen LogP contribution in [0.4, 0.5) is 5.69 Å². The van der Waals surface area contributed by atoms with Crippen LogP contribution in [0.2, 0.25) is 0 Å². The van der Waals surface area contributed by atoms with Crippen molar-refractivity contribution in [2.45, 2.75) is 6.92 Å². The fourth-order valence-electron chi connectivity index (χ4n) is 1.18. The third-order valence-electron chi connectivity index (χ3n) is 1.98. The van der Waals surface area contributed by atoms with Crippen LogP contribution in [0.1, 0.15) is 12.5 Å². The molecule has 6 heteroatoms. The minimum absolute atomic E-state index is 0.133. The van der Waals surface area contributed by atoms with E-state index in [-0.39, 0.29) is 17.9 Å². The quantitative estimate of drug-likeness (QED) is 0.351. The lowest BCUT2D eigenvalue weighted by Crippen LogP contribution is -2.00. The van der Waals surface area contributed by atoms with Crippen LogP contribution in [0.15, 0.2) is 18.2 Å². The monoisotopic (exact) mass is 249 g/mol. The van der Waals surface area contributed by atoms with Crippen LogP contribution < -0.4 is 4.74 Å². The molecule has 6 nitrogen and oxygen atoms in total. The molecule has 0 spiro atoms. The Morgan fingerprint density at radius 2 is 2.22 bits per heavy atom. The van der Waals surface area contributed by atoms with Crippen molar-refractivity contribution in [3.8, 4) is 17.6 Å². The van der Waals surface area contributed by atoms with Gasteiger partial charge in [-0.3, -0.25) is 10.1 Å². The number of carbonyl (C=O) groups is 1. The highest BCUT2D eigenvalue weighted by molar-refractivity contribution is 5.89. The highest BCUT2D eigenvalue weighted by Crippen LogP contribution is 2.23. The maximum absolute atomic E-state index is 11.0. The molecule has 0 aliphatic heterocycles. The molecule has 0 fully saturated rings. The molecule has 0 amide bonds. The molecular weight excluding hydrogens is 238 g/mol. The lowest BCUT2D eigenvalue weighted by Gasteiger charge is -2.00. The zero-order chi connectivity index (χ0) is 13.5. The molecule has 0 heterocycles. The van der Waals surface area contributed by atoms with Crippen LogP contribution in [0.5, 0.6) is 5.75 Å². The Kier molecular flexibility index (Phi) is 4.69. The summed E-state index contributed by atoms with van der Waals surface area (Å²) in [6, 6.07) is 4.19. The van der Waals surface area contributed by atoms with Crippen molar-refractivity contribution in [3.05, 3.63) is 33.9 Å². The van der Waals surface area contributed by atoms with Gasteiger partial charge in [0.2, 0.25) is 0 Å². The van der Waals surface area contributed by atoms with Crippen LogP contribution in [-0.4, -0.2) is 24.6 Å². The highest BCUT2D eigenvalue weighted by Gasteiger charge is 2.13. The standard InChI is InChI=1S/C12H11NO5/c1-3-18-12(14)7-5-9-4-6-10(17-2)8-11(9)13(15)16/h4,6,8H,3H2,1-2H3. The topological polar surface area (TPSA) is 78.7 Å². The summed E-state index contributed by atoms with van der Waals surface area (Å²) >= 11 is 0. The third kappa shape index (κ3) is 3.49. The lowest BCUT2D eigenvalue weighted by atomic mass is 10.2. The number of hydrogen-bond acceptors (Lipinski definition) is 5. The predicted molar refractivity (Wildman–Crippen MR) is 63.2 cm³/mol. The molecule has 0 radical (unpaired) electrons. The lowest BCUT2D eigenvalue weighted by molar-refractivity contribution is -0.385. The van der Waals surface area contributed by atoms with Crippen molar-refractivity contribution < 1.29 is 19.2 Å². The summed E-state index contributed by atoms with van der Waals surface area (Å²) in [4.78, 5) is 21.3. The Bertz CT molecular complexity index is 527. The van der Waals surface area contributed by atoms with Crippen molar-refractivity contribution in [3.63, 3.8) is 0 Å². The van der Waals surface area contributed by atoms with Gasteiger partial charge >= 0.3 is 5.97 Å². The van der Waals surface area contributed by atoms with E-state index >= 15 is 0 Å². The van der Waals surface area contributed by atoms with E-state index in [1.54, 1.807) is 6.92 Å². The summed E-state index contributed by atoms with van der Waals surface area (Å²) in [5.74, 6) is 4.22. The second kappa shape index (κ2) is 6.25. The number of benzene rings is 1. The number of ether oxygens (including phenoxy) is 2. The molecule has 0 N–H and O–H groups in total. The molecular formula is C12H11NO5. The average Bonchev–Trinajstić information content (AvgIpc) is 2.36. The van der Waals surface area contributed by atoms with Crippen LogP contribution in [0, 0.1) is 22.0 Å². The number of methoxy groups -OCH3 is 1. The smallest absolute Gasteiger partial charge is 0.384 e. The fourth-order valence-corrected chi connectivity index (χ4v) is 1.18. The van der Waals surface area contributed by atoms with Gasteiger partial charge in [-0.2, -0.15) is 0 Å². The molecule has 0 saturated carbocycles. The summed E-state index contributed by atoms with van der Waals surface area (Å²) in [5.41, 5.74) is -0.0833. The molecule has 1 rings (SSSR count). The van der Waals surface area contributed by atoms with Gasteiger partial charge in [0.05, 0.1) is 24.7 Å². The molecule has 0 atom stereocenters. The molecule has 1 aromatic rings. The highest BCUT2D eigenvalue weighted by atomic mass is 16.6. The van der Waals surface area contributed by atoms with E-state index in [4.69, 9.17) is 4.74 Å². The van der Waals surface area contributed by atoms with Gasteiger partial charge in [0.15, 0.2) is 0 Å². The van der Waals surface area contributed by atoms with E-state index in [0.29, 0.717) is 5.75 Å². The van der Waals surface area contributed by atoms with Gasteiger partial charge in [-0.1, -0.05) is 0 Å². The van der Waals surface area contributed by atoms with Gasteiger partial charge in [-0.25, -0.2) is 4.79 Å². The molecule has 0 aromatic heterocycles. The van der Waals surface area contributed by atoms with Crippen LogP contribution in [0.25, 0.3) is 0 Å². The van der Waals surface area contributed by atoms with Crippen LogP contribution >= 0.6 is 0 Å². The number of nitrogens with zero attached hydrogens (tertiary/aromatic N) is 1. The Hall–Kier alpha value is -2.55. The normalized spacial score (nSPS) is 9.00. The second-order valence-corrected chi connectivity index (χ2v) is 3.11. The van der Waals surface area contributed by atoms with Gasteiger partial charge in [0.25, 0.3) is 5.69 Å². The largest absolute Gasteiger partial charge is 0.497 e. The van der Waals surface area contributed by atoms with E-state index in [1.807, 2.05) is 0 Å². The molecule has 94 valence electrons. The number of hydrogen-bond donors (Lipinski definition) is 0. The van der Waals surface area contributed by atoms with Crippen LogP contribution in [-0.2, 0) is 9.53 Å². The number of nitro groups is 1. The number of nitro benzene ring substituents is 1. The minimum atomic E-state index is -0.720. The molecule has 0 bridgehead atoms. The minimum Gasteiger partial charge on any atom is -0.497 e. The molecule has 0 unspecified atom stereocenters. The maximum Gasteiger partial charge on any atom is 0.384 e. The summed E-state index contributed by atoms with van der Waals surface area (Å²) in [5, 5.41) is 10.8. The van der Waals surface area contributed by atoms with Gasteiger partial charge in [0.1, 0.15) is 11.3 Å². The van der Waals surface area contributed by atoms with E-state index in [9.17, 15) is 14.9 Å². The van der Waals surface area contributed by atoms with E-state index in [0.717, 1.165) is 0 Å². The van der Waals surface area contributed by atoms with Gasteiger partial charge < -0.3 is 9.47 Å². The maximum atomic E-state index is 11.0. The van der Waals surface area contributed by atoms with Gasteiger partial charge in [-0.15, -0.1) is 0 Å². The predicted octanol–water partition coefficient (Wildman–Crippen LogP) is 1.52. The SMILES string of the molecule is CCOC(=O)C#Cc1ccc(OC)cc1[N+](=O)[O-]. The molecule has 1 aromatic carbocycles. The van der Waals surface area contributed by atoms with Crippen molar-refractivity contribution >= 4 is 11.7 Å². The number of rotatable bonds is 3. The van der Waals surface area contributed by atoms with Crippen molar-refractivity contribution in [1.29, 1.82) is 0 Å². The zero-order valence-electron chi connectivity index (χ0n) is 9.93. The molecule has 18 heavy (non-hydrogen) atoms. The molecule has 0 saturated heterocycles. The first-order valence-electron chi connectivity index (χ1n) is 5.09. The summed E-state index contributed by atoms with van der Waals surface area (Å²) < 4.78 is 9.48. The van der Waals surface area contributed by atoms with Crippen molar-refractivity contribution in [2.24, 2.45) is 0 Å².